The van der Waals surface area contributed by atoms with Crippen LogP contribution in [0.4, 0.5) is 4.39 Å². The van der Waals surface area contributed by atoms with E-state index in [0.29, 0.717) is 18.4 Å². The Morgan fingerprint density at radius 1 is 1.50 bits per heavy atom. The molecule has 1 saturated heterocycles. The molecule has 4 heteroatoms. The molecule has 98 valence electrons. The minimum Gasteiger partial charge on any atom is -0.459 e. The third kappa shape index (κ3) is 3.07. The Labute approximate surface area is 106 Å². The Morgan fingerprint density at radius 3 is 2.83 bits per heavy atom. The van der Waals surface area contributed by atoms with Gasteiger partial charge in [0.1, 0.15) is 12.3 Å². The number of halogens is 1. The van der Waals surface area contributed by atoms with Crippen LogP contribution in [0.5, 0.6) is 0 Å². The van der Waals surface area contributed by atoms with E-state index in [9.17, 15) is 9.18 Å². The number of esters is 1. The summed E-state index contributed by atoms with van der Waals surface area (Å²) in [6, 6.07) is 8.74. The Morgan fingerprint density at radius 2 is 2.22 bits per heavy atom. The number of alkyl halides is 1. The zero-order valence-electron chi connectivity index (χ0n) is 10.4. The normalized spacial score (nSPS) is 27.1. The lowest BCUT2D eigenvalue weighted by atomic mass is 10.00. The minimum atomic E-state index is -1.26. The second-order valence-corrected chi connectivity index (χ2v) is 4.61. The van der Waals surface area contributed by atoms with Crippen molar-refractivity contribution in [2.24, 2.45) is 0 Å². The van der Waals surface area contributed by atoms with Gasteiger partial charge in [0, 0.05) is 6.42 Å². The Balaban J connectivity index is 1.81. The molecule has 1 fully saturated rings. The first-order chi connectivity index (χ1) is 8.63. The van der Waals surface area contributed by atoms with E-state index in [1.54, 1.807) is 31.2 Å². The summed E-state index contributed by atoms with van der Waals surface area (Å²) in [6.07, 6.45) is 0.393. The van der Waals surface area contributed by atoms with Crippen molar-refractivity contribution in [1.82, 2.24) is 0 Å². The summed E-state index contributed by atoms with van der Waals surface area (Å²) >= 11 is 0. The Kier molecular flexibility index (Phi) is 3.97. The molecular formula is C14H17FO3. The molecule has 2 atom stereocenters. The second kappa shape index (κ2) is 5.48. The van der Waals surface area contributed by atoms with Crippen molar-refractivity contribution in [3.63, 3.8) is 0 Å². The first-order valence-corrected chi connectivity index (χ1v) is 6.16. The van der Waals surface area contributed by atoms with Gasteiger partial charge in [-0.25, -0.2) is 9.18 Å². The summed E-state index contributed by atoms with van der Waals surface area (Å²) in [5, 5.41) is 0. The maximum atomic E-state index is 13.9. The number of ether oxygens (including phenoxy) is 2. The van der Waals surface area contributed by atoms with E-state index >= 15 is 0 Å². The monoisotopic (exact) mass is 252 g/mol. The zero-order valence-corrected chi connectivity index (χ0v) is 10.4. The van der Waals surface area contributed by atoms with Crippen LogP contribution in [0.15, 0.2) is 30.3 Å². The van der Waals surface area contributed by atoms with Crippen LogP contribution in [0, 0.1) is 0 Å². The van der Waals surface area contributed by atoms with Crippen LogP contribution < -0.4 is 0 Å². The molecule has 1 aliphatic heterocycles. The van der Waals surface area contributed by atoms with Gasteiger partial charge in [0.05, 0.1) is 18.3 Å². The predicted octanol–water partition coefficient (Wildman–Crippen LogP) is 2.75. The van der Waals surface area contributed by atoms with E-state index in [1.165, 1.54) is 0 Å². The van der Waals surface area contributed by atoms with Crippen LogP contribution in [0.25, 0.3) is 0 Å². The lowest BCUT2D eigenvalue weighted by molar-refractivity contribution is 0.0138. The molecule has 1 heterocycles. The van der Waals surface area contributed by atoms with E-state index in [1.807, 2.05) is 6.07 Å². The SMILES string of the molecule is CCC1(F)CO[C@H](COC(=O)c2ccccc2)C1. The molecule has 1 aromatic rings. The highest BCUT2D eigenvalue weighted by molar-refractivity contribution is 5.89. The van der Waals surface area contributed by atoms with Gasteiger partial charge >= 0.3 is 5.97 Å². The predicted molar refractivity (Wildman–Crippen MR) is 65.2 cm³/mol. The number of carbonyl (C=O) groups excluding carboxylic acids is 1. The van der Waals surface area contributed by atoms with Gasteiger partial charge in [-0.2, -0.15) is 0 Å². The molecule has 0 aromatic heterocycles. The van der Waals surface area contributed by atoms with Crippen LogP contribution in [-0.4, -0.2) is 31.0 Å². The van der Waals surface area contributed by atoms with Gasteiger partial charge in [-0.05, 0) is 18.6 Å². The van der Waals surface area contributed by atoms with Crippen molar-refractivity contribution in [3.05, 3.63) is 35.9 Å². The van der Waals surface area contributed by atoms with Gasteiger partial charge < -0.3 is 9.47 Å². The van der Waals surface area contributed by atoms with E-state index in [2.05, 4.69) is 0 Å². The Bertz CT molecular complexity index is 407. The maximum absolute atomic E-state index is 13.9. The van der Waals surface area contributed by atoms with Crippen LogP contribution in [0.3, 0.4) is 0 Å². The summed E-state index contributed by atoms with van der Waals surface area (Å²) in [6.45, 7) is 2.00. The van der Waals surface area contributed by atoms with E-state index in [0.717, 1.165) is 0 Å². The molecule has 0 amide bonds. The van der Waals surface area contributed by atoms with Crippen LogP contribution in [0.1, 0.15) is 30.1 Å². The summed E-state index contributed by atoms with van der Waals surface area (Å²) < 4.78 is 24.3. The molecule has 2 rings (SSSR count). The van der Waals surface area contributed by atoms with Crippen molar-refractivity contribution < 1.29 is 18.7 Å². The van der Waals surface area contributed by atoms with Crippen molar-refractivity contribution in [2.75, 3.05) is 13.2 Å². The molecule has 18 heavy (non-hydrogen) atoms. The number of carbonyl (C=O) groups is 1. The molecule has 1 aliphatic rings. The van der Waals surface area contributed by atoms with Gasteiger partial charge in [0.25, 0.3) is 0 Å². The third-order valence-corrected chi connectivity index (χ3v) is 3.21. The molecule has 3 nitrogen and oxygen atoms in total. The molecule has 0 radical (unpaired) electrons. The van der Waals surface area contributed by atoms with E-state index in [4.69, 9.17) is 9.47 Å². The van der Waals surface area contributed by atoms with Gasteiger partial charge in [-0.15, -0.1) is 0 Å². The number of rotatable bonds is 4. The molecule has 0 saturated carbocycles. The number of hydrogen-bond donors (Lipinski definition) is 0. The van der Waals surface area contributed by atoms with E-state index in [-0.39, 0.29) is 19.3 Å². The fraction of sp³-hybridized carbons (Fsp3) is 0.500. The molecular weight excluding hydrogens is 235 g/mol. The highest BCUT2D eigenvalue weighted by Crippen LogP contribution is 2.31. The fourth-order valence-corrected chi connectivity index (χ4v) is 1.97. The molecule has 0 N–H and O–H groups in total. The summed E-state index contributed by atoms with van der Waals surface area (Å²) in [5.74, 6) is -0.396. The zero-order chi connectivity index (χ0) is 13.0. The maximum Gasteiger partial charge on any atom is 0.338 e. The molecule has 0 bridgehead atoms. The minimum absolute atomic E-state index is 0.0943. The highest BCUT2D eigenvalue weighted by atomic mass is 19.1. The average Bonchev–Trinajstić information content (AvgIpc) is 2.80. The van der Waals surface area contributed by atoms with Crippen molar-refractivity contribution >= 4 is 5.97 Å². The molecule has 1 aromatic carbocycles. The summed E-state index contributed by atoms with van der Waals surface area (Å²) in [4.78, 5) is 11.7. The van der Waals surface area contributed by atoms with Crippen molar-refractivity contribution in [1.29, 1.82) is 0 Å². The van der Waals surface area contributed by atoms with Crippen molar-refractivity contribution in [2.45, 2.75) is 31.5 Å². The highest BCUT2D eigenvalue weighted by Gasteiger charge is 2.39. The van der Waals surface area contributed by atoms with E-state index < -0.39 is 11.6 Å². The van der Waals surface area contributed by atoms with Crippen LogP contribution >= 0.6 is 0 Å². The van der Waals surface area contributed by atoms with Crippen molar-refractivity contribution in [3.8, 4) is 0 Å². The largest absolute Gasteiger partial charge is 0.459 e. The summed E-state index contributed by atoms with van der Waals surface area (Å²) in [5.41, 5.74) is -0.762. The first kappa shape index (κ1) is 13.0. The standard InChI is InChI=1S/C14H17FO3/c1-2-14(15)8-12(18-10-14)9-17-13(16)11-6-4-3-5-7-11/h3-7,12H,2,8-10H2,1H3/t12-,14?/m0/s1. The van der Waals surface area contributed by atoms with Gasteiger partial charge in [0.2, 0.25) is 0 Å². The smallest absolute Gasteiger partial charge is 0.338 e. The molecule has 0 spiro atoms. The van der Waals surface area contributed by atoms with Gasteiger partial charge in [0.15, 0.2) is 0 Å². The second-order valence-electron chi connectivity index (χ2n) is 4.61. The van der Waals surface area contributed by atoms with Gasteiger partial charge in [-0.1, -0.05) is 25.1 Å². The lowest BCUT2D eigenvalue weighted by Gasteiger charge is -2.14. The third-order valence-electron chi connectivity index (χ3n) is 3.21. The lowest BCUT2D eigenvalue weighted by Crippen LogP contribution is -2.23. The average molecular weight is 252 g/mol. The number of benzene rings is 1. The quantitative estimate of drug-likeness (QED) is 0.773. The van der Waals surface area contributed by atoms with Gasteiger partial charge in [-0.3, -0.25) is 0 Å². The Hall–Kier alpha value is -1.42. The topological polar surface area (TPSA) is 35.5 Å². The van der Waals surface area contributed by atoms with Crippen LogP contribution in [0.2, 0.25) is 0 Å². The first-order valence-electron chi connectivity index (χ1n) is 6.16. The van der Waals surface area contributed by atoms with Crippen LogP contribution in [-0.2, 0) is 9.47 Å². The fourth-order valence-electron chi connectivity index (χ4n) is 1.97. The summed E-state index contributed by atoms with van der Waals surface area (Å²) in [7, 11) is 0. The molecule has 1 unspecified atom stereocenters. The number of hydrogen-bond acceptors (Lipinski definition) is 3. The molecule has 0 aliphatic carbocycles.